The van der Waals surface area contributed by atoms with Crippen molar-refractivity contribution in [1.82, 2.24) is 4.90 Å². The zero-order valence-electron chi connectivity index (χ0n) is 20.7. The number of aliphatic hydroxyl groups is 3. The van der Waals surface area contributed by atoms with Crippen LogP contribution in [0.25, 0.3) is 5.76 Å². The first-order valence-corrected chi connectivity index (χ1v) is 12.4. The molecule has 1 heterocycles. The summed E-state index contributed by atoms with van der Waals surface area (Å²) in [5.41, 5.74) is 0.521. The van der Waals surface area contributed by atoms with E-state index < -0.39 is 81.5 Å². The lowest BCUT2D eigenvalue weighted by molar-refractivity contribution is -0.147. The maximum absolute atomic E-state index is 15.4. The third kappa shape index (κ3) is 3.62. The van der Waals surface area contributed by atoms with Gasteiger partial charge in [0.25, 0.3) is 5.91 Å². The van der Waals surface area contributed by atoms with E-state index in [0.29, 0.717) is 0 Å². The van der Waals surface area contributed by atoms with E-state index >= 15 is 4.39 Å². The number of aliphatic hydroxyl groups excluding tert-OH is 2. The summed E-state index contributed by atoms with van der Waals surface area (Å²) in [6, 6.07) is 0.993. The van der Waals surface area contributed by atoms with Crippen molar-refractivity contribution >= 4 is 34.8 Å². The number of nitrogens with zero attached hydrogens (tertiary/aromatic N) is 2. The Kier molecular flexibility index (Phi) is 6.07. The van der Waals surface area contributed by atoms with Crippen LogP contribution in [0.4, 0.5) is 10.1 Å². The van der Waals surface area contributed by atoms with E-state index in [1.807, 2.05) is 4.90 Å². The van der Waals surface area contributed by atoms with Crippen LogP contribution in [0, 0.1) is 17.7 Å². The molecule has 0 radical (unpaired) electrons. The number of likely N-dealkylation sites (N-methyl/N-ethyl adjacent to an activating group) is 1. The number of anilines is 1. The maximum Gasteiger partial charge on any atom is 0.255 e. The highest BCUT2D eigenvalue weighted by molar-refractivity contribution is 6.22. The molecule has 1 unspecified atom stereocenters. The number of Topliss-reactive ketones (excluding diaryl/α,β-unsaturated/α-hetero) is 2. The zero-order valence-corrected chi connectivity index (χ0v) is 20.7. The fourth-order valence-corrected chi connectivity index (χ4v) is 6.26. The third-order valence-corrected chi connectivity index (χ3v) is 8.28. The Morgan fingerprint density at radius 3 is 2.47 bits per heavy atom. The van der Waals surface area contributed by atoms with Crippen molar-refractivity contribution in [1.29, 1.82) is 0 Å². The van der Waals surface area contributed by atoms with E-state index in [1.54, 1.807) is 0 Å². The second-order valence-corrected chi connectivity index (χ2v) is 10.4. The minimum absolute atomic E-state index is 0.0588. The molecule has 3 atom stereocenters. The molecule has 11 nitrogen and oxygen atoms in total. The predicted molar refractivity (Wildman–Crippen MR) is 130 cm³/mol. The van der Waals surface area contributed by atoms with Gasteiger partial charge < -0.3 is 31.1 Å². The van der Waals surface area contributed by atoms with Crippen molar-refractivity contribution in [3.05, 3.63) is 39.9 Å². The first-order chi connectivity index (χ1) is 17.9. The molecule has 0 aromatic heterocycles. The number of phenolic OH excluding ortho intramolecular Hbond substituents is 1. The van der Waals surface area contributed by atoms with E-state index in [-0.39, 0.29) is 36.2 Å². The molecule has 1 aliphatic heterocycles. The van der Waals surface area contributed by atoms with E-state index in [0.717, 1.165) is 36.9 Å². The molecular weight excluding hydrogens is 501 g/mol. The van der Waals surface area contributed by atoms with Gasteiger partial charge >= 0.3 is 0 Å². The summed E-state index contributed by atoms with van der Waals surface area (Å²) < 4.78 is 15.4. The van der Waals surface area contributed by atoms with Crippen molar-refractivity contribution in [2.75, 3.05) is 31.6 Å². The number of benzene rings is 1. The first kappa shape index (κ1) is 25.9. The zero-order chi connectivity index (χ0) is 27.7. The average molecular weight is 530 g/mol. The second kappa shape index (κ2) is 8.91. The molecule has 12 heteroatoms. The Morgan fingerprint density at radius 1 is 1.18 bits per heavy atom. The summed E-state index contributed by atoms with van der Waals surface area (Å²) >= 11 is 0. The standard InChI is InChI=1S/C26H28FN3O8/c1-29(17(32)10-30-4-2-3-5-30)15-9-14(27)13-7-11-6-12-8-16(31)20(25(28)37)24(36)26(12,38)23(35)18(11)22(34)19(13)21(15)33/h9,11-12,33-34,36,38H,2-8,10H2,1H3,(H2,28,37)/t11?,12-,26-/m0/s1. The molecule has 1 saturated carbocycles. The quantitative estimate of drug-likeness (QED) is 0.349. The number of primary amides is 1. The smallest absolute Gasteiger partial charge is 0.255 e. The molecule has 6 N–H and O–H groups in total. The molecule has 5 rings (SSSR count). The monoisotopic (exact) mass is 529 g/mol. The first-order valence-electron chi connectivity index (χ1n) is 12.4. The number of rotatable bonds is 4. The van der Waals surface area contributed by atoms with Crippen molar-refractivity contribution in [2.24, 2.45) is 17.6 Å². The number of nitrogens with two attached hydrogens (primary N) is 1. The van der Waals surface area contributed by atoms with Crippen LogP contribution in [0.15, 0.2) is 23.0 Å². The second-order valence-electron chi connectivity index (χ2n) is 10.4. The van der Waals surface area contributed by atoms with Crippen LogP contribution in [0.5, 0.6) is 5.75 Å². The summed E-state index contributed by atoms with van der Waals surface area (Å²) in [7, 11) is 1.36. The Hall–Kier alpha value is -3.77. The van der Waals surface area contributed by atoms with Gasteiger partial charge in [-0.05, 0) is 44.7 Å². The number of likely N-dealkylation sites (tertiary alicyclic amines) is 1. The maximum atomic E-state index is 15.4. The van der Waals surface area contributed by atoms with Crippen LogP contribution in [-0.2, 0) is 25.6 Å². The molecule has 0 bridgehead atoms. The van der Waals surface area contributed by atoms with Gasteiger partial charge in [-0.3, -0.25) is 24.1 Å². The van der Waals surface area contributed by atoms with E-state index in [1.165, 1.54) is 7.05 Å². The molecule has 2 amide bonds. The third-order valence-electron chi connectivity index (χ3n) is 8.28. The number of fused-ring (bicyclic) bond motifs is 3. The Bertz CT molecular complexity index is 1360. The van der Waals surface area contributed by atoms with Crippen molar-refractivity contribution in [3.8, 4) is 5.75 Å². The summed E-state index contributed by atoms with van der Waals surface area (Å²) in [6.07, 6.45) is 1.20. The molecule has 3 aliphatic carbocycles. The van der Waals surface area contributed by atoms with Crippen LogP contribution in [0.1, 0.15) is 36.8 Å². The minimum atomic E-state index is -2.70. The number of aromatic hydroxyl groups is 1. The van der Waals surface area contributed by atoms with Gasteiger partial charge in [0.1, 0.15) is 22.9 Å². The van der Waals surface area contributed by atoms with Gasteiger partial charge in [0.2, 0.25) is 11.7 Å². The molecule has 202 valence electrons. The van der Waals surface area contributed by atoms with E-state index in [4.69, 9.17) is 5.73 Å². The molecule has 1 aromatic rings. The minimum Gasteiger partial charge on any atom is -0.508 e. The Labute approximate surface area is 216 Å². The molecule has 38 heavy (non-hydrogen) atoms. The highest BCUT2D eigenvalue weighted by Gasteiger charge is 2.60. The van der Waals surface area contributed by atoms with Gasteiger partial charge in [-0.25, -0.2) is 4.39 Å². The van der Waals surface area contributed by atoms with Crippen molar-refractivity contribution < 1.29 is 44.0 Å². The topological polar surface area (TPSA) is 182 Å². The van der Waals surface area contributed by atoms with Crippen LogP contribution < -0.4 is 10.6 Å². The van der Waals surface area contributed by atoms with Crippen LogP contribution in [0.2, 0.25) is 0 Å². The number of halogens is 1. The average Bonchev–Trinajstić information content (AvgIpc) is 3.35. The number of hydrogen-bond acceptors (Lipinski definition) is 9. The van der Waals surface area contributed by atoms with E-state index in [9.17, 15) is 39.6 Å². The Balaban J connectivity index is 1.59. The van der Waals surface area contributed by atoms with Crippen LogP contribution in [-0.4, -0.2) is 81.0 Å². The fraction of sp³-hybridized carbons (Fsp3) is 0.462. The van der Waals surface area contributed by atoms with Crippen molar-refractivity contribution in [3.63, 3.8) is 0 Å². The number of carbonyl (C=O) groups is 4. The fourth-order valence-electron chi connectivity index (χ4n) is 6.26. The largest absolute Gasteiger partial charge is 0.508 e. The van der Waals surface area contributed by atoms with Gasteiger partial charge in [0.15, 0.2) is 17.1 Å². The predicted octanol–water partition coefficient (Wildman–Crippen LogP) is 0.622. The molecule has 1 saturated heterocycles. The lowest BCUT2D eigenvalue weighted by Gasteiger charge is -2.46. The van der Waals surface area contributed by atoms with Crippen LogP contribution in [0.3, 0.4) is 0 Å². The molecule has 4 aliphatic rings. The van der Waals surface area contributed by atoms with Gasteiger partial charge in [0, 0.05) is 36.6 Å². The highest BCUT2D eigenvalue weighted by atomic mass is 19.1. The molecule has 2 fully saturated rings. The number of hydrogen-bond donors (Lipinski definition) is 5. The molecule has 0 spiro atoms. The summed E-state index contributed by atoms with van der Waals surface area (Å²) in [6.45, 7) is 1.55. The molecule has 1 aromatic carbocycles. The number of phenols is 1. The van der Waals surface area contributed by atoms with Gasteiger partial charge in [0.05, 0.1) is 17.8 Å². The van der Waals surface area contributed by atoms with Gasteiger partial charge in [-0.15, -0.1) is 0 Å². The summed E-state index contributed by atoms with van der Waals surface area (Å²) in [5.74, 6) is -9.14. The number of amides is 2. The number of ketones is 2. The summed E-state index contributed by atoms with van der Waals surface area (Å²) in [4.78, 5) is 53.6. The van der Waals surface area contributed by atoms with Crippen molar-refractivity contribution in [2.45, 2.75) is 37.7 Å². The number of carbonyl (C=O) groups excluding carboxylic acids is 4. The summed E-state index contributed by atoms with van der Waals surface area (Å²) in [5, 5.41) is 44.2. The Morgan fingerprint density at radius 2 is 1.84 bits per heavy atom. The van der Waals surface area contributed by atoms with E-state index in [2.05, 4.69) is 0 Å². The highest BCUT2D eigenvalue weighted by Crippen LogP contribution is 2.53. The normalized spacial score (nSPS) is 27.2. The SMILES string of the molecule is CN(C(=O)CN1CCCC1)c1cc(F)c2c(c1O)C(O)=C1C(=O)[C@]3(O)C(O)=C(C(N)=O)C(=O)C[C@@H]3CC1C2. The molecular formula is C26H28FN3O8. The lowest BCUT2D eigenvalue weighted by Crippen LogP contribution is -2.58. The van der Waals surface area contributed by atoms with Gasteiger partial charge in [-0.2, -0.15) is 0 Å². The van der Waals surface area contributed by atoms with Crippen LogP contribution >= 0.6 is 0 Å². The lowest BCUT2D eigenvalue weighted by atomic mass is 9.59. The van der Waals surface area contributed by atoms with Gasteiger partial charge in [-0.1, -0.05) is 0 Å².